The maximum absolute atomic E-state index is 12.8. The molecular formula is C18H19NO3. The van der Waals surface area contributed by atoms with Crippen molar-refractivity contribution in [2.45, 2.75) is 19.8 Å². The van der Waals surface area contributed by atoms with Crippen LogP contribution in [0.15, 0.2) is 36.4 Å². The Bertz CT molecular complexity index is 636. The van der Waals surface area contributed by atoms with Crippen LogP contribution in [0.4, 0.5) is 5.69 Å². The van der Waals surface area contributed by atoms with E-state index in [4.69, 9.17) is 4.74 Å². The van der Waals surface area contributed by atoms with Crippen LogP contribution in [0.3, 0.4) is 0 Å². The van der Waals surface area contributed by atoms with Crippen LogP contribution in [0.2, 0.25) is 0 Å². The van der Waals surface area contributed by atoms with Gasteiger partial charge < -0.3 is 4.74 Å². The molecule has 4 rings (SSSR count). The first-order chi connectivity index (χ1) is 10.7. The molecule has 4 nitrogen and oxygen atoms in total. The molecule has 2 amide bonds. The third-order valence-corrected chi connectivity index (χ3v) is 5.04. The van der Waals surface area contributed by atoms with E-state index in [-0.39, 0.29) is 35.5 Å². The van der Waals surface area contributed by atoms with Crippen LogP contribution in [-0.4, -0.2) is 18.4 Å². The Morgan fingerprint density at radius 1 is 1.09 bits per heavy atom. The number of benzene rings is 1. The van der Waals surface area contributed by atoms with Gasteiger partial charge in [-0.1, -0.05) is 31.2 Å². The quantitative estimate of drug-likeness (QED) is 0.634. The summed E-state index contributed by atoms with van der Waals surface area (Å²) < 4.78 is 5.73. The second kappa shape index (κ2) is 4.97. The summed E-state index contributed by atoms with van der Waals surface area (Å²) in [5, 5.41) is 0. The lowest BCUT2D eigenvalue weighted by atomic mass is 9.85. The van der Waals surface area contributed by atoms with Crippen molar-refractivity contribution < 1.29 is 14.3 Å². The lowest BCUT2D eigenvalue weighted by Gasteiger charge is -2.20. The number of anilines is 1. The number of fused-ring (bicyclic) bond motifs is 5. The van der Waals surface area contributed by atoms with Crippen LogP contribution < -0.4 is 9.64 Å². The molecule has 0 N–H and O–H groups in total. The van der Waals surface area contributed by atoms with Gasteiger partial charge >= 0.3 is 0 Å². The Hall–Kier alpha value is -2.10. The van der Waals surface area contributed by atoms with E-state index < -0.39 is 0 Å². The van der Waals surface area contributed by atoms with E-state index in [9.17, 15) is 9.59 Å². The molecule has 22 heavy (non-hydrogen) atoms. The Morgan fingerprint density at radius 2 is 1.73 bits per heavy atom. The first-order valence-electron chi connectivity index (χ1n) is 8.00. The summed E-state index contributed by atoms with van der Waals surface area (Å²) in [5.74, 6) is 0.647. The van der Waals surface area contributed by atoms with Gasteiger partial charge in [0, 0.05) is 0 Å². The van der Waals surface area contributed by atoms with Crippen molar-refractivity contribution in [3.8, 4) is 5.75 Å². The van der Waals surface area contributed by atoms with E-state index in [1.54, 1.807) is 6.07 Å². The van der Waals surface area contributed by atoms with Crippen molar-refractivity contribution in [1.29, 1.82) is 0 Å². The number of nitrogens with zero attached hydrogens (tertiary/aromatic N) is 1. The van der Waals surface area contributed by atoms with E-state index in [0.717, 1.165) is 12.8 Å². The Labute approximate surface area is 129 Å². The molecule has 1 aromatic carbocycles. The SMILES string of the molecule is CCCOc1ccccc1N1C(=O)C2C3C=CC(C3)C2C1=O. The zero-order valence-electron chi connectivity index (χ0n) is 12.6. The fourth-order valence-corrected chi connectivity index (χ4v) is 4.12. The average molecular weight is 297 g/mol. The maximum Gasteiger partial charge on any atom is 0.238 e. The lowest BCUT2D eigenvalue weighted by molar-refractivity contribution is -0.123. The molecule has 2 fully saturated rings. The van der Waals surface area contributed by atoms with Gasteiger partial charge in [-0.15, -0.1) is 0 Å². The predicted molar refractivity (Wildman–Crippen MR) is 82.4 cm³/mol. The number of amides is 2. The Morgan fingerprint density at radius 3 is 2.36 bits per heavy atom. The molecule has 2 aliphatic carbocycles. The minimum Gasteiger partial charge on any atom is -0.491 e. The van der Waals surface area contributed by atoms with E-state index >= 15 is 0 Å². The monoisotopic (exact) mass is 297 g/mol. The highest BCUT2D eigenvalue weighted by Crippen LogP contribution is 2.53. The normalized spacial score (nSPS) is 32.0. The molecule has 1 aliphatic heterocycles. The molecule has 0 radical (unpaired) electrons. The standard InChI is InChI=1S/C18H19NO3/c1-2-9-22-14-6-4-3-5-13(14)19-17(20)15-11-7-8-12(10-11)16(15)18(19)21/h3-8,11-12,15-16H,2,9-10H2,1H3. The summed E-state index contributed by atoms with van der Waals surface area (Å²) in [6, 6.07) is 7.34. The zero-order chi connectivity index (χ0) is 15.3. The molecule has 4 unspecified atom stereocenters. The highest BCUT2D eigenvalue weighted by atomic mass is 16.5. The average Bonchev–Trinajstić information content (AvgIpc) is 3.20. The van der Waals surface area contributed by atoms with Crippen molar-refractivity contribution in [2.75, 3.05) is 11.5 Å². The fourth-order valence-electron chi connectivity index (χ4n) is 4.12. The molecule has 2 bridgehead atoms. The molecular weight excluding hydrogens is 278 g/mol. The van der Waals surface area contributed by atoms with E-state index in [1.165, 1.54) is 4.90 Å². The summed E-state index contributed by atoms with van der Waals surface area (Å²) in [5.41, 5.74) is 0.597. The molecule has 114 valence electrons. The highest BCUT2D eigenvalue weighted by molar-refractivity contribution is 6.23. The van der Waals surface area contributed by atoms with Gasteiger partial charge in [0.25, 0.3) is 0 Å². The summed E-state index contributed by atoms with van der Waals surface area (Å²) in [6.07, 6.45) is 6.06. The number of carbonyl (C=O) groups is 2. The molecule has 0 spiro atoms. The number of hydrogen-bond acceptors (Lipinski definition) is 3. The molecule has 3 aliphatic rings. The van der Waals surface area contributed by atoms with Crippen LogP contribution in [0.1, 0.15) is 19.8 Å². The first kappa shape index (κ1) is 13.6. The van der Waals surface area contributed by atoms with Crippen LogP contribution >= 0.6 is 0 Å². The van der Waals surface area contributed by atoms with Crippen molar-refractivity contribution in [2.24, 2.45) is 23.7 Å². The first-order valence-corrected chi connectivity index (χ1v) is 8.00. The van der Waals surface area contributed by atoms with Gasteiger partial charge in [-0.2, -0.15) is 0 Å². The zero-order valence-corrected chi connectivity index (χ0v) is 12.6. The molecule has 1 saturated carbocycles. The van der Waals surface area contributed by atoms with Crippen LogP contribution in [0.5, 0.6) is 5.75 Å². The summed E-state index contributed by atoms with van der Waals surface area (Å²) >= 11 is 0. The number of ether oxygens (including phenoxy) is 1. The molecule has 1 aromatic rings. The minimum atomic E-state index is -0.165. The van der Waals surface area contributed by atoms with Crippen LogP contribution in [-0.2, 0) is 9.59 Å². The molecule has 1 saturated heterocycles. The van der Waals surface area contributed by atoms with Gasteiger partial charge in [-0.3, -0.25) is 9.59 Å². The lowest BCUT2D eigenvalue weighted by Crippen LogP contribution is -2.33. The molecule has 4 heteroatoms. The van der Waals surface area contributed by atoms with E-state index in [2.05, 4.69) is 12.2 Å². The van der Waals surface area contributed by atoms with Gasteiger partial charge in [0.15, 0.2) is 0 Å². The molecule has 1 heterocycles. The van der Waals surface area contributed by atoms with Gasteiger partial charge in [0.05, 0.1) is 24.1 Å². The third-order valence-electron chi connectivity index (χ3n) is 5.04. The van der Waals surface area contributed by atoms with Gasteiger partial charge in [-0.25, -0.2) is 4.90 Å². The Kier molecular flexibility index (Phi) is 3.06. The second-order valence-corrected chi connectivity index (χ2v) is 6.33. The minimum absolute atomic E-state index is 0.0561. The van der Waals surface area contributed by atoms with Crippen LogP contribution in [0, 0.1) is 23.7 Å². The maximum atomic E-state index is 12.8. The summed E-state index contributed by atoms with van der Waals surface area (Å²) in [4.78, 5) is 27.0. The van der Waals surface area contributed by atoms with Crippen molar-refractivity contribution >= 4 is 17.5 Å². The summed E-state index contributed by atoms with van der Waals surface area (Å²) in [6.45, 7) is 2.61. The van der Waals surface area contributed by atoms with Crippen molar-refractivity contribution in [3.63, 3.8) is 0 Å². The number of para-hydroxylation sites is 2. The van der Waals surface area contributed by atoms with E-state index in [1.807, 2.05) is 25.1 Å². The molecule has 0 aromatic heterocycles. The van der Waals surface area contributed by atoms with Crippen molar-refractivity contribution in [1.82, 2.24) is 0 Å². The van der Waals surface area contributed by atoms with Gasteiger partial charge in [-0.05, 0) is 36.8 Å². The topological polar surface area (TPSA) is 46.6 Å². The van der Waals surface area contributed by atoms with E-state index in [0.29, 0.717) is 18.0 Å². The number of allylic oxidation sites excluding steroid dienone is 2. The fraction of sp³-hybridized carbons (Fsp3) is 0.444. The van der Waals surface area contributed by atoms with Crippen molar-refractivity contribution in [3.05, 3.63) is 36.4 Å². The third kappa shape index (κ3) is 1.76. The largest absolute Gasteiger partial charge is 0.491 e. The number of carbonyl (C=O) groups excluding carboxylic acids is 2. The molecule has 4 atom stereocenters. The van der Waals surface area contributed by atoms with Gasteiger partial charge in [0.1, 0.15) is 5.75 Å². The number of imide groups is 1. The number of rotatable bonds is 4. The highest BCUT2D eigenvalue weighted by Gasteiger charge is 2.59. The smallest absolute Gasteiger partial charge is 0.238 e. The number of hydrogen-bond donors (Lipinski definition) is 0. The summed E-state index contributed by atoms with van der Waals surface area (Å²) in [7, 11) is 0. The predicted octanol–water partition coefficient (Wildman–Crippen LogP) is 2.79. The second-order valence-electron chi connectivity index (χ2n) is 6.33. The Balaban J connectivity index is 1.70. The van der Waals surface area contributed by atoms with Crippen LogP contribution in [0.25, 0.3) is 0 Å². The van der Waals surface area contributed by atoms with Gasteiger partial charge in [0.2, 0.25) is 11.8 Å².